The third kappa shape index (κ3) is 9.58. The summed E-state index contributed by atoms with van der Waals surface area (Å²) in [7, 11) is 0. The maximum absolute atomic E-state index is 12.4. The van der Waals surface area contributed by atoms with Crippen LogP contribution in [0.25, 0.3) is 83.9 Å². The second-order valence-electron chi connectivity index (χ2n) is 19.6. The molecule has 10 rings (SSSR count). The Bertz CT molecular complexity index is 3510. The molecule has 0 atom stereocenters. The number of para-hydroxylation sites is 2. The van der Waals surface area contributed by atoms with Crippen molar-refractivity contribution in [1.29, 1.82) is 0 Å². The number of pyridine rings is 1. The second kappa shape index (κ2) is 20.1. The van der Waals surface area contributed by atoms with Crippen LogP contribution in [0.4, 0.5) is 0 Å². The van der Waals surface area contributed by atoms with Crippen LogP contribution in [0.1, 0.15) is 90.9 Å². The Kier molecular flexibility index (Phi) is 13.0. The first-order valence-corrected chi connectivity index (χ1v) is 24.0. The molecule has 70 heavy (non-hydrogen) atoms. The van der Waals surface area contributed by atoms with Crippen molar-refractivity contribution < 1.29 is 28.9 Å². The van der Waals surface area contributed by atoms with Crippen LogP contribution in [0.5, 0.6) is 5.75 Å². The monoisotopic (exact) mass is 1090 g/mol. The topological polar surface area (TPSA) is 50.9 Å². The first kappa shape index (κ1) is 45.3. The molecule has 0 aliphatic rings. The summed E-state index contributed by atoms with van der Waals surface area (Å²) in [6, 6.07) is 67.4. The summed E-state index contributed by atoms with van der Waals surface area (Å²) in [6.45, 7) is 15.4. The first-order chi connectivity index (χ1) is 34.2. The average molecular weight is 1090 g/mol. The molecule has 0 aliphatic heterocycles. The molecule has 0 saturated heterocycles. The number of fused-ring (bicyclic) bond motifs is 1. The summed E-state index contributed by atoms with van der Waals surface area (Å²) in [5.41, 5.74) is 17.3. The smallest absolute Gasteiger partial charge is 0.148 e. The van der Waals surface area contributed by atoms with Crippen molar-refractivity contribution in [2.45, 2.75) is 72.1 Å². The molecule has 0 amide bonds. The van der Waals surface area contributed by atoms with Crippen LogP contribution in [-0.2, 0) is 32.9 Å². The average Bonchev–Trinajstić information content (AvgIpc) is 3.78. The third-order valence-electron chi connectivity index (χ3n) is 13.1. The zero-order chi connectivity index (χ0) is 49.6. The van der Waals surface area contributed by atoms with Crippen LogP contribution in [0.3, 0.4) is 0 Å². The van der Waals surface area contributed by atoms with E-state index in [4.69, 9.17) is 12.7 Å². The zero-order valence-electron chi connectivity index (χ0n) is 42.7. The molecule has 1 N–H and O–H groups in total. The molecule has 10 aromatic rings. The fourth-order valence-corrected chi connectivity index (χ4v) is 9.51. The van der Waals surface area contributed by atoms with E-state index in [0.717, 1.165) is 66.9 Å². The quantitative estimate of drug-likeness (QED) is 0.131. The second-order valence-corrected chi connectivity index (χ2v) is 19.6. The summed E-state index contributed by atoms with van der Waals surface area (Å²) < 4.78 is 20.2. The van der Waals surface area contributed by atoms with Crippen LogP contribution in [0.2, 0.25) is 0 Å². The van der Waals surface area contributed by atoms with Gasteiger partial charge >= 0.3 is 0 Å². The van der Waals surface area contributed by atoms with Crippen LogP contribution in [-0.4, -0.2) is 19.6 Å². The van der Waals surface area contributed by atoms with Crippen molar-refractivity contribution >= 4 is 11.0 Å². The minimum absolute atomic E-state index is 0. The maximum Gasteiger partial charge on any atom is 0.148 e. The van der Waals surface area contributed by atoms with Crippen LogP contribution >= 0.6 is 0 Å². The Morgan fingerprint density at radius 3 is 1.71 bits per heavy atom. The minimum Gasteiger partial charge on any atom is -0.507 e. The van der Waals surface area contributed by atoms with Gasteiger partial charge in [0.2, 0.25) is 0 Å². The molecule has 350 valence electrons. The molecule has 0 fully saturated rings. The van der Waals surface area contributed by atoms with Crippen molar-refractivity contribution in [2.24, 2.45) is 0 Å². The van der Waals surface area contributed by atoms with Gasteiger partial charge in [0.1, 0.15) is 11.6 Å². The van der Waals surface area contributed by atoms with Gasteiger partial charge in [0, 0.05) is 35.7 Å². The molecule has 0 bridgehead atoms. The molecule has 8 aromatic carbocycles. The Hall–Kier alpha value is -7.13. The van der Waals surface area contributed by atoms with Crippen molar-refractivity contribution in [3.05, 3.63) is 228 Å². The van der Waals surface area contributed by atoms with Crippen molar-refractivity contribution in [3.8, 4) is 78.6 Å². The Morgan fingerprint density at radius 1 is 0.557 bits per heavy atom. The van der Waals surface area contributed by atoms with E-state index in [1.54, 1.807) is 0 Å². The van der Waals surface area contributed by atoms with Crippen LogP contribution in [0, 0.1) is 6.07 Å². The molecule has 0 saturated carbocycles. The van der Waals surface area contributed by atoms with Gasteiger partial charge in [-0.15, -0.1) is 23.8 Å². The summed E-state index contributed by atoms with van der Waals surface area (Å²) in [4.78, 5) is 10.6. The summed E-state index contributed by atoms with van der Waals surface area (Å²) in [6.07, 6.45) is 0.197. The van der Waals surface area contributed by atoms with Crippen molar-refractivity contribution in [2.75, 3.05) is 0 Å². The molecule has 5 heteroatoms. The SMILES string of the molecule is [2H]C([2H])(c1ccccc1)c1ccc(-c2ccnc(-c3[c-]c(-c4cccc5c4nc(-c4cccc(C(C)(C)C)c4O)n5-c4c(C(C)C)cc(-c5ccccc5)cc4C(C)C)cc(-c4ccccc4)c3)c2)cc1.[Pt]. The van der Waals surface area contributed by atoms with E-state index < -0.39 is 6.37 Å². The van der Waals surface area contributed by atoms with E-state index in [0.29, 0.717) is 22.5 Å². The van der Waals surface area contributed by atoms with Gasteiger partial charge in [-0.1, -0.05) is 211 Å². The maximum atomic E-state index is 12.4. The van der Waals surface area contributed by atoms with E-state index in [1.165, 1.54) is 22.3 Å². The molecule has 0 aliphatic carbocycles. The predicted octanol–water partition coefficient (Wildman–Crippen LogP) is 17.1. The van der Waals surface area contributed by atoms with Crippen molar-refractivity contribution in [3.63, 3.8) is 0 Å². The Labute approximate surface area is 430 Å². The van der Waals surface area contributed by atoms with E-state index in [-0.39, 0.29) is 44.1 Å². The molecule has 0 radical (unpaired) electrons. The summed E-state index contributed by atoms with van der Waals surface area (Å²) in [5.74, 6) is 1.22. The number of benzene rings is 8. The summed E-state index contributed by atoms with van der Waals surface area (Å²) in [5, 5.41) is 12.4. The number of rotatable bonds is 11. The van der Waals surface area contributed by atoms with Gasteiger partial charge in [0.25, 0.3) is 0 Å². The zero-order valence-corrected chi connectivity index (χ0v) is 43.0. The van der Waals surface area contributed by atoms with Gasteiger partial charge in [0.15, 0.2) is 0 Å². The number of aromatic hydroxyl groups is 1. The number of imidazole rings is 1. The van der Waals surface area contributed by atoms with Gasteiger partial charge < -0.3 is 5.11 Å². The number of hydrogen-bond donors (Lipinski definition) is 1. The first-order valence-electron chi connectivity index (χ1n) is 25.0. The van der Waals surface area contributed by atoms with Gasteiger partial charge in [-0.05, 0) is 110 Å². The number of phenolic OH excluding ortho intramolecular Hbond substituents is 1. The number of hydrogen-bond acceptors (Lipinski definition) is 3. The molecule has 0 spiro atoms. The molecular weight excluding hydrogens is 1030 g/mol. The fraction of sp³-hybridized carbons (Fsp3) is 0.169. The minimum atomic E-state index is -1.64. The molecule has 2 heterocycles. The van der Waals surface area contributed by atoms with Gasteiger partial charge in [0.05, 0.1) is 22.3 Å². The Balaban J connectivity index is 0.00000640. The largest absolute Gasteiger partial charge is 0.507 e. The van der Waals surface area contributed by atoms with E-state index in [2.05, 4.69) is 162 Å². The van der Waals surface area contributed by atoms with Crippen LogP contribution < -0.4 is 0 Å². The van der Waals surface area contributed by atoms with Gasteiger partial charge in [-0.2, -0.15) is 0 Å². The van der Waals surface area contributed by atoms with Crippen LogP contribution in [0.15, 0.2) is 194 Å². The van der Waals surface area contributed by atoms with Crippen molar-refractivity contribution in [1.82, 2.24) is 14.5 Å². The molecule has 0 unspecified atom stereocenters. The third-order valence-corrected chi connectivity index (χ3v) is 13.1. The van der Waals surface area contributed by atoms with Gasteiger partial charge in [-0.25, -0.2) is 4.98 Å². The number of aromatic nitrogens is 3. The van der Waals surface area contributed by atoms with Gasteiger partial charge in [-0.3, -0.25) is 9.55 Å². The number of phenols is 1. The predicted molar refractivity (Wildman–Crippen MR) is 288 cm³/mol. The normalized spacial score (nSPS) is 12.2. The molecular formula is C65H58N3OPt-. The Morgan fingerprint density at radius 2 is 1.10 bits per heavy atom. The standard InChI is InChI=1S/C65H58N3O.Pt/c1-42(2)56-39-51(47-23-15-10-16-24-47)40-57(43(3)4)62(56)68-60-28-18-25-54(61(60)67-64(68)55-26-17-27-58(63(55)69)65(5,6)7)52-36-50(46-21-13-9-14-22-46)37-53(38-52)59-41-49(33-34-66-59)48-31-29-45(30-32-48)35-44-19-11-8-12-20-44;/h8-34,36-37,39-43,69H,35H2,1-7H3;/q-1;/i35D2;. The number of nitrogens with zero attached hydrogens (tertiary/aromatic N) is 3. The molecule has 2 aromatic heterocycles. The fourth-order valence-electron chi connectivity index (χ4n) is 9.51. The van der Waals surface area contributed by atoms with E-state index in [1.807, 2.05) is 91.1 Å². The van der Waals surface area contributed by atoms with E-state index >= 15 is 0 Å². The summed E-state index contributed by atoms with van der Waals surface area (Å²) >= 11 is 0. The molecule has 4 nitrogen and oxygen atoms in total. The van der Waals surface area contributed by atoms with E-state index in [9.17, 15) is 5.11 Å².